The molecule has 3 heterocycles. The Kier molecular flexibility index (Phi) is 4.37. The summed E-state index contributed by atoms with van der Waals surface area (Å²) < 4.78 is 31.9. The average Bonchev–Trinajstić information content (AvgIpc) is 2.85. The fourth-order valence-corrected chi connectivity index (χ4v) is 4.35. The first kappa shape index (κ1) is 18.8. The Morgan fingerprint density at radius 1 is 1.11 bits per heavy atom. The Labute approximate surface area is 159 Å². The predicted molar refractivity (Wildman–Crippen MR) is 98.4 cm³/mol. The van der Waals surface area contributed by atoms with Crippen molar-refractivity contribution in [3.05, 3.63) is 34.2 Å². The van der Waals surface area contributed by atoms with Crippen LogP contribution in [0.5, 0.6) is 0 Å². The van der Waals surface area contributed by atoms with Crippen LogP contribution in [0.4, 0.5) is 8.78 Å². The van der Waals surface area contributed by atoms with Crippen LogP contribution in [-0.2, 0) is 16.6 Å². The van der Waals surface area contributed by atoms with Crippen LogP contribution < -0.4 is 11.0 Å². The molecule has 2 aliphatic heterocycles. The zero-order valence-corrected chi connectivity index (χ0v) is 15.7. The molecule has 0 spiro atoms. The quantitative estimate of drug-likeness (QED) is 0.784. The summed E-state index contributed by atoms with van der Waals surface area (Å²) in [6, 6.07) is 4.09. The second kappa shape index (κ2) is 6.51. The third-order valence-electron chi connectivity index (χ3n) is 5.83. The molecule has 2 atom stereocenters. The minimum Gasteiger partial charge on any atom is -0.301 e. The normalized spacial score (nSPS) is 25.9. The van der Waals surface area contributed by atoms with Crippen molar-refractivity contribution in [3.8, 4) is 0 Å². The molecule has 2 aromatic rings. The molecule has 2 saturated heterocycles. The van der Waals surface area contributed by atoms with Crippen LogP contribution in [0, 0.1) is 0 Å². The van der Waals surface area contributed by atoms with Gasteiger partial charge in [-0.05, 0) is 44.1 Å². The van der Waals surface area contributed by atoms with Gasteiger partial charge < -0.3 is 4.90 Å². The van der Waals surface area contributed by atoms with Gasteiger partial charge in [0.25, 0.3) is 5.92 Å². The van der Waals surface area contributed by atoms with Crippen LogP contribution >= 0.6 is 0 Å². The van der Waals surface area contributed by atoms with Crippen molar-refractivity contribution >= 4 is 22.8 Å². The van der Waals surface area contributed by atoms with E-state index in [-0.39, 0.29) is 25.3 Å². The standard InChI is InChI=1S/C19H22F2N4O3/c1-23-8-7-12(19(20,21)10-23)11-3-4-13-15(9-11)24(2)18(28)25(13)14-5-6-16(26)22-17(14)27/h3-4,9,12,14H,5-8,10H2,1-2H3,(H,22,26,27). The number of aryl methyl sites for hydroxylation is 1. The number of hydrogen-bond donors (Lipinski definition) is 1. The summed E-state index contributed by atoms with van der Waals surface area (Å²) >= 11 is 0. The van der Waals surface area contributed by atoms with Crippen molar-refractivity contribution in [2.75, 3.05) is 20.1 Å². The number of piperidine rings is 2. The van der Waals surface area contributed by atoms with Crippen molar-refractivity contribution in [3.63, 3.8) is 0 Å². The Morgan fingerprint density at radius 3 is 2.54 bits per heavy atom. The molecule has 1 aromatic carbocycles. The number of rotatable bonds is 2. The van der Waals surface area contributed by atoms with E-state index in [9.17, 15) is 23.2 Å². The molecule has 0 aliphatic carbocycles. The van der Waals surface area contributed by atoms with Gasteiger partial charge in [-0.25, -0.2) is 13.6 Å². The second-order valence-electron chi connectivity index (χ2n) is 7.77. The van der Waals surface area contributed by atoms with Gasteiger partial charge in [0.2, 0.25) is 11.8 Å². The van der Waals surface area contributed by atoms with Crippen LogP contribution in [0.3, 0.4) is 0 Å². The van der Waals surface area contributed by atoms with E-state index >= 15 is 0 Å². The van der Waals surface area contributed by atoms with E-state index in [4.69, 9.17) is 0 Å². The van der Waals surface area contributed by atoms with Gasteiger partial charge in [0.1, 0.15) is 6.04 Å². The number of imide groups is 1. The van der Waals surface area contributed by atoms with Crippen molar-refractivity contribution in [2.24, 2.45) is 7.05 Å². The smallest absolute Gasteiger partial charge is 0.301 e. The molecule has 28 heavy (non-hydrogen) atoms. The van der Waals surface area contributed by atoms with Gasteiger partial charge in [-0.15, -0.1) is 0 Å². The summed E-state index contributed by atoms with van der Waals surface area (Å²) in [4.78, 5) is 38.0. The second-order valence-corrected chi connectivity index (χ2v) is 7.77. The Balaban J connectivity index is 1.78. The van der Waals surface area contributed by atoms with Gasteiger partial charge in [0.15, 0.2) is 0 Å². The summed E-state index contributed by atoms with van der Waals surface area (Å²) in [7, 11) is 3.24. The van der Waals surface area contributed by atoms with Crippen molar-refractivity contribution in [1.29, 1.82) is 0 Å². The number of carbonyl (C=O) groups is 2. The highest BCUT2D eigenvalue weighted by Gasteiger charge is 2.44. The molecule has 2 aliphatic rings. The lowest BCUT2D eigenvalue weighted by Crippen LogP contribution is -2.45. The maximum Gasteiger partial charge on any atom is 0.329 e. The van der Waals surface area contributed by atoms with E-state index in [1.165, 1.54) is 9.13 Å². The zero-order valence-electron chi connectivity index (χ0n) is 15.7. The van der Waals surface area contributed by atoms with Gasteiger partial charge in [-0.2, -0.15) is 0 Å². The monoisotopic (exact) mass is 392 g/mol. The summed E-state index contributed by atoms with van der Waals surface area (Å²) in [5.74, 6) is -4.65. The maximum absolute atomic E-state index is 14.6. The lowest BCUT2D eigenvalue weighted by atomic mass is 9.86. The number of imidazole rings is 1. The number of benzene rings is 1. The number of aromatic nitrogens is 2. The number of likely N-dealkylation sites (tertiary alicyclic amines) is 1. The maximum atomic E-state index is 14.6. The summed E-state index contributed by atoms with van der Waals surface area (Å²) in [5.41, 5.74) is 1.09. The molecule has 4 rings (SSSR count). The fraction of sp³-hybridized carbons (Fsp3) is 0.526. The number of nitrogens with one attached hydrogen (secondary N) is 1. The molecule has 1 aromatic heterocycles. The molecular weight excluding hydrogens is 370 g/mol. The first-order chi connectivity index (χ1) is 13.2. The molecule has 0 saturated carbocycles. The number of amides is 2. The first-order valence-corrected chi connectivity index (χ1v) is 9.30. The SMILES string of the molecule is CN1CCC(c2ccc3c(c2)n(C)c(=O)n3C2CCC(=O)NC2=O)C(F)(F)C1. The van der Waals surface area contributed by atoms with Crippen LogP contribution in [0.25, 0.3) is 11.0 Å². The molecule has 0 radical (unpaired) electrons. The average molecular weight is 392 g/mol. The minimum atomic E-state index is -2.86. The lowest BCUT2D eigenvalue weighted by molar-refractivity contribution is -0.135. The van der Waals surface area contributed by atoms with Crippen LogP contribution in [0.15, 0.2) is 23.0 Å². The van der Waals surface area contributed by atoms with E-state index in [0.29, 0.717) is 29.6 Å². The highest BCUT2D eigenvalue weighted by molar-refractivity contribution is 6.00. The Morgan fingerprint density at radius 2 is 1.86 bits per heavy atom. The first-order valence-electron chi connectivity index (χ1n) is 9.30. The molecule has 2 amide bonds. The van der Waals surface area contributed by atoms with Gasteiger partial charge >= 0.3 is 5.69 Å². The van der Waals surface area contributed by atoms with E-state index in [0.717, 1.165) is 0 Å². The third-order valence-corrected chi connectivity index (χ3v) is 5.83. The highest BCUT2D eigenvalue weighted by atomic mass is 19.3. The number of halogens is 2. The highest BCUT2D eigenvalue weighted by Crippen LogP contribution is 2.40. The fourth-order valence-electron chi connectivity index (χ4n) is 4.35. The molecule has 7 nitrogen and oxygen atoms in total. The summed E-state index contributed by atoms with van der Waals surface area (Å²) in [5, 5.41) is 2.26. The molecule has 9 heteroatoms. The topological polar surface area (TPSA) is 76.3 Å². The van der Waals surface area contributed by atoms with Crippen molar-refractivity contribution in [2.45, 2.75) is 37.1 Å². The van der Waals surface area contributed by atoms with Crippen molar-refractivity contribution in [1.82, 2.24) is 19.4 Å². The Bertz CT molecular complexity index is 1030. The van der Waals surface area contributed by atoms with Gasteiger partial charge in [-0.1, -0.05) is 6.07 Å². The number of nitrogens with zero attached hydrogens (tertiary/aromatic N) is 3. The number of carbonyl (C=O) groups excluding carboxylic acids is 2. The molecule has 1 N–H and O–H groups in total. The van der Waals surface area contributed by atoms with E-state index < -0.39 is 29.5 Å². The molecule has 0 bridgehead atoms. The lowest BCUT2D eigenvalue weighted by Gasteiger charge is -2.36. The number of alkyl halides is 2. The zero-order chi connectivity index (χ0) is 20.2. The van der Waals surface area contributed by atoms with Crippen LogP contribution in [-0.4, -0.2) is 51.9 Å². The molecule has 2 fully saturated rings. The largest absolute Gasteiger partial charge is 0.329 e. The minimum absolute atomic E-state index is 0.152. The number of hydrogen-bond acceptors (Lipinski definition) is 4. The molecule has 150 valence electrons. The number of fused-ring (bicyclic) bond motifs is 1. The third kappa shape index (κ3) is 2.94. The van der Waals surface area contributed by atoms with Crippen LogP contribution in [0.2, 0.25) is 0 Å². The van der Waals surface area contributed by atoms with E-state index in [1.54, 1.807) is 37.2 Å². The molecular formula is C19H22F2N4O3. The van der Waals surface area contributed by atoms with Gasteiger partial charge in [-0.3, -0.25) is 24.0 Å². The van der Waals surface area contributed by atoms with Crippen LogP contribution in [0.1, 0.15) is 36.8 Å². The van der Waals surface area contributed by atoms with E-state index in [1.807, 2.05) is 0 Å². The Hall–Kier alpha value is -2.55. The molecule has 2 unspecified atom stereocenters. The summed E-state index contributed by atoms with van der Waals surface area (Å²) in [6.07, 6.45) is 0.717. The summed E-state index contributed by atoms with van der Waals surface area (Å²) in [6.45, 7) is 0.278. The van der Waals surface area contributed by atoms with Gasteiger partial charge in [0, 0.05) is 13.5 Å². The van der Waals surface area contributed by atoms with Crippen molar-refractivity contribution < 1.29 is 18.4 Å². The predicted octanol–water partition coefficient (Wildman–Crippen LogP) is 1.37. The van der Waals surface area contributed by atoms with Gasteiger partial charge in [0.05, 0.1) is 23.5 Å². The van der Waals surface area contributed by atoms with E-state index in [2.05, 4.69) is 5.32 Å².